The van der Waals surface area contributed by atoms with Gasteiger partial charge in [-0.3, -0.25) is 0 Å². The summed E-state index contributed by atoms with van der Waals surface area (Å²) in [5.41, 5.74) is 2.44. The summed E-state index contributed by atoms with van der Waals surface area (Å²) in [6.45, 7) is 2.98. The van der Waals surface area contributed by atoms with Gasteiger partial charge in [0.25, 0.3) is 0 Å². The molecule has 1 fully saturated rings. The first-order valence-electron chi connectivity index (χ1n) is 5.24. The van der Waals surface area contributed by atoms with Crippen molar-refractivity contribution in [2.24, 2.45) is 0 Å². The smallest absolute Gasteiger partial charge is 0.0438 e. The second-order valence-corrected chi connectivity index (χ2v) is 4.50. The lowest BCUT2D eigenvalue weighted by molar-refractivity contribution is 0.338. The number of halogens is 1. The van der Waals surface area contributed by atoms with Gasteiger partial charge in [-0.2, -0.15) is 0 Å². The molecule has 0 amide bonds. The van der Waals surface area contributed by atoms with E-state index in [1.54, 1.807) is 0 Å². The van der Waals surface area contributed by atoms with Crippen LogP contribution in [0.1, 0.15) is 30.4 Å². The Labute approximate surface area is 90.5 Å². The van der Waals surface area contributed by atoms with Crippen LogP contribution in [0.3, 0.4) is 0 Å². The Balaban J connectivity index is 1.91. The van der Waals surface area contributed by atoms with Crippen molar-refractivity contribution in [3.8, 4) is 0 Å². The molecular formula is C12H16ClN. The van der Waals surface area contributed by atoms with Gasteiger partial charge >= 0.3 is 0 Å². The zero-order valence-electron chi connectivity index (χ0n) is 8.52. The van der Waals surface area contributed by atoms with Crippen LogP contribution in [-0.4, -0.2) is 6.04 Å². The average molecular weight is 210 g/mol. The van der Waals surface area contributed by atoms with Crippen molar-refractivity contribution in [1.29, 1.82) is 0 Å². The van der Waals surface area contributed by atoms with E-state index in [1.165, 1.54) is 24.8 Å². The lowest BCUT2D eigenvalue weighted by Gasteiger charge is -2.26. The van der Waals surface area contributed by atoms with Crippen LogP contribution in [0.4, 0.5) is 0 Å². The van der Waals surface area contributed by atoms with Gasteiger partial charge in [0.1, 0.15) is 0 Å². The fraction of sp³-hybridized carbons (Fsp3) is 0.500. The van der Waals surface area contributed by atoms with Crippen molar-refractivity contribution >= 4 is 11.6 Å². The molecule has 1 aliphatic rings. The summed E-state index contributed by atoms with van der Waals surface area (Å²) in [4.78, 5) is 0. The van der Waals surface area contributed by atoms with Crippen molar-refractivity contribution in [1.82, 2.24) is 5.32 Å². The molecule has 14 heavy (non-hydrogen) atoms. The Bertz CT molecular complexity index is 318. The quantitative estimate of drug-likeness (QED) is 0.806. The standard InChI is InChI=1S/C12H16ClN/c1-9-5-6-10(7-12(9)13)8-14-11-3-2-4-11/h5-7,11,14H,2-4,8H2,1H3. The largest absolute Gasteiger partial charge is 0.310 e. The van der Waals surface area contributed by atoms with Crippen molar-refractivity contribution < 1.29 is 0 Å². The van der Waals surface area contributed by atoms with Gasteiger partial charge in [-0.25, -0.2) is 0 Å². The number of aryl methyl sites for hydroxylation is 1. The van der Waals surface area contributed by atoms with Gasteiger partial charge in [0.2, 0.25) is 0 Å². The van der Waals surface area contributed by atoms with Crippen LogP contribution in [0.2, 0.25) is 5.02 Å². The van der Waals surface area contributed by atoms with Crippen LogP contribution in [0.15, 0.2) is 18.2 Å². The van der Waals surface area contributed by atoms with Crippen LogP contribution in [0.25, 0.3) is 0 Å². The van der Waals surface area contributed by atoms with Gasteiger partial charge in [-0.15, -0.1) is 0 Å². The molecule has 1 aromatic carbocycles. The topological polar surface area (TPSA) is 12.0 Å². The minimum absolute atomic E-state index is 0.745. The number of benzene rings is 1. The maximum atomic E-state index is 6.05. The molecule has 1 aliphatic carbocycles. The summed E-state index contributed by atoms with van der Waals surface area (Å²) in [5.74, 6) is 0. The molecule has 1 aromatic rings. The van der Waals surface area contributed by atoms with Gasteiger partial charge in [-0.05, 0) is 37.0 Å². The molecule has 2 heteroatoms. The highest BCUT2D eigenvalue weighted by Crippen LogP contribution is 2.20. The molecule has 1 saturated carbocycles. The molecule has 0 aromatic heterocycles. The lowest BCUT2D eigenvalue weighted by atomic mass is 9.93. The highest BCUT2D eigenvalue weighted by Gasteiger charge is 2.15. The normalized spacial score (nSPS) is 16.7. The minimum Gasteiger partial charge on any atom is -0.310 e. The Kier molecular flexibility index (Phi) is 3.09. The second kappa shape index (κ2) is 4.33. The van der Waals surface area contributed by atoms with Crippen molar-refractivity contribution in [3.05, 3.63) is 34.3 Å². The maximum Gasteiger partial charge on any atom is 0.0438 e. The van der Waals surface area contributed by atoms with E-state index in [0.717, 1.165) is 23.2 Å². The molecule has 2 rings (SSSR count). The summed E-state index contributed by atoms with van der Waals surface area (Å²) in [7, 11) is 0. The van der Waals surface area contributed by atoms with Gasteiger partial charge in [0, 0.05) is 17.6 Å². The second-order valence-electron chi connectivity index (χ2n) is 4.09. The Morgan fingerprint density at radius 3 is 2.79 bits per heavy atom. The Hall–Kier alpha value is -0.530. The minimum atomic E-state index is 0.745. The van der Waals surface area contributed by atoms with Crippen LogP contribution < -0.4 is 5.32 Å². The van der Waals surface area contributed by atoms with E-state index in [2.05, 4.69) is 23.5 Å². The number of rotatable bonds is 3. The monoisotopic (exact) mass is 209 g/mol. The van der Waals surface area contributed by atoms with E-state index >= 15 is 0 Å². The fourth-order valence-corrected chi connectivity index (χ4v) is 1.82. The maximum absolute atomic E-state index is 6.05. The predicted molar refractivity (Wildman–Crippen MR) is 60.7 cm³/mol. The van der Waals surface area contributed by atoms with Crippen LogP contribution in [0, 0.1) is 6.92 Å². The van der Waals surface area contributed by atoms with Crippen LogP contribution in [-0.2, 0) is 6.54 Å². The van der Waals surface area contributed by atoms with E-state index in [4.69, 9.17) is 11.6 Å². The molecule has 76 valence electrons. The first-order chi connectivity index (χ1) is 6.75. The first-order valence-corrected chi connectivity index (χ1v) is 5.62. The molecule has 1 N–H and O–H groups in total. The predicted octanol–water partition coefficient (Wildman–Crippen LogP) is 3.29. The van der Waals surface area contributed by atoms with E-state index in [-0.39, 0.29) is 0 Å². The molecule has 0 aliphatic heterocycles. The molecule has 1 nitrogen and oxygen atoms in total. The van der Waals surface area contributed by atoms with E-state index in [1.807, 2.05) is 6.92 Å². The average Bonchev–Trinajstić information content (AvgIpc) is 2.08. The van der Waals surface area contributed by atoms with E-state index in [9.17, 15) is 0 Å². The van der Waals surface area contributed by atoms with Crippen molar-refractivity contribution in [2.75, 3.05) is 0 Å². The number of hydrogen-bond acceptors (Lipinski definition) is 1. The molecule has 0 bridgehead atoms. The van der Waals surface area contributed by atoms with Crippen molar-refractivity contribution in [3.63, 3.8) is 0 Å². The van der Waals surface area contributed by atoms with Crippen LogP contribution in [0.5, 0.6) is 0 Å². The van der Waals surface area contributed by atoms with Gasteiger partial charge < -0.3 is 5.32 Å². The third-order valence-corrected chi connectivity index (χ3v) is 3.34. The molecule has 0 unspecified atom stereocenters. The summed E-state index contributed by atoms with van der Waals surface area (Å²) < 4.78 is 0. The zero-order valence-corrected chi connectivity index (χ0v) is 9.27. The van der Waals surface area contributed by atoms with E-state index in [0.29, 0.717) is 0 Å². The van der Waals surface area contributed by atoms with Gasteiger partial charge in [-0.1, -0.05) is 30.2 Å². The third kappa shape index (κ3) is 2.28. The van der Waals surface area contributed by atoms with Crippen molar-refractivity contribution in [2.45, 2.75) is 38.8 Å². The Morgan fingerprint density at radius 1 is 1.43 bits per heavy atom. The number of nitrogens with one attached hydrogen (secondary N) is 1. The molecule has 0 radical (unpaired) electrons. The zero-order chi connectivity index (χ0) is 9.97. The summed E-state index contributed by atoms with van der Waals surface area (Å²) in [6.07, 6.45) is 4.05. The highest BCUT2D eigenvalue weighted by atomic mass is 35.5. The SMILES string of the molecule is Cc1ccc(CNC2CCC2)cc1Cl. The molecule has 0 saturated heterocycles. The number of hydrogen-bond donors (Lipinski definition) is 1. The fourth-order valence-electron chi connectivity index (χ4n) is 1.62. The Morgan fingerprint density at radius 2 is 2.21 bits per heavy atom. The van der Waals surface area contributed by atoms with E-state index < -0.39 is 0 Å². The highest BCUT2D eigenvalue weighted by molar-refractivity contribution is 6.31. The summed E-state index contributed by atoms with van der Waals surface area (Å²) in [5, 5.41) is 4.40. The lowest BCUT2D eigenvalue weighted by Crippen LogP contribution is -2.34. The summed E-state index contributed by atoms with van der Waals surface area (Å²) in [6, 6.07) is 7.03. The molecular weight excluding hydrogens is 194 g/mol. The molecule has 0 heterocycles. The molecule has 0 atom stereocenters. The molecule has 0 spiro atoms. The van der Waals surface area contributed by atoms with Gasteiger partial charge in [0.05, 0.1) is 0 Å². The summed E-state index contributed by atoms with van der Waals surface area (Å²) >= 11 is 6.05. The van der Waals surface area contributed by atoms with Crippen LogP contribution >= 0.6 is 11.6 Å². The first kappa shape index (κ1) is 10.0. The van der Waals surface area contributed by atoms with Gasteiger partial charge in [0.15, 0.2) is 0 Å². The third-order valence-electron chi connectivity index (χ3n) is 2.94.